The zero-order chi connectivity index (χ0) is 12.7. The lowest BCUT2D eigenvalue weighted by molar-refractivity contribution is -0.145. The molecule has 0 radical (unpaired) electrons. The molecule has 1 aliphatic heterocycles. The molecule has 0 saturated carbocycles. The molecule has 0 unspecified atom stereocenters. The summed E-state index contributed by atoms with van der Waals surface area (Å²) in [6.07, 6.45) is 0.778. The predicted molar refractivity (Wildman–Crippen MR) is 63.8 cm³/mol. The molecule has 1 aliphatic rings. The Kier molecular flexibility index (Phi) is 5.93. The van der Waals surface area contributed by atoms with Gasteiger partial charge in [-0.1, -0.05) is 6.92 Å². The van der Waals surface area contributed by atoms with Crippen LogP contribution in [0.4, 0.5) is 0 Å². The summed E-state index contributed by atoms with van der Waals surface area (Å²) in [6.45, 7) is 6.05. The molecule has 0 aliphatic carbocycles. The van der Waals surface area contributed by atoms with Gasteiger partial charge >= 0.3 is 5.97 Å². The number of piperazine rings is 1. The fourth-order valence-electron chi connectivity index (χ4n) is 1.89. The summed E-state index contributed by atoms with van der Waals surface area (Å²) >= 11 is 0. The predicted octanol–water partition coefficient (Wildman–Crippen LogP) is -0.785. The molecule has 6 heteroatoms. The first kappa shape index (κ1) is 13.9. The lowest BCUT2D eigenvalue weighted by atomic mass is 10.3. The van der Waals surface area contributed by atoms with Crippen molar-refractivity contribution in [1.82, 2.24) is 15.1 Å². The standard InChI is InChI=1S/C11H21N3O3/c1-2-5-14(9-11(16)17)10(15)8-13-6-3-12-4-7-13/h12H,2-9H2,1H3,(H,16,17). The highest BCUT2D eigenvalue weighted by atomic mass is 16.4. The minimum atomic E-state index is -0.952. The van der Waals surface area contributed by atoms with E-state index in [1.54, 1.807) is 0 Å². The normalized spacial score (nSPS) is 16.8. The summed E-state index contributed by atoms with van der Waals surface area (Å²) in [7, 11) is 0. The lowest BCUT2D eigenvalue weighted by Gasteiger charge is -2.29. The van der Waals surface area contributed by atoms with E-state index >= 15 is 0 Å². The molecule has 2 N–H and O–H groups in total. The number of nitrogens with zero attached hydrogens (tertiary/aromatic N) is 2. The lowest BCUT2D eigenvalue weighted by Crippen LogP contribution is -2.49. The van der Waals surface area contributed by atoms with E-state index in [-0.39, 0.29) is 12.5 Å². The molecule has 0 atom stereocenters. The van der Waals surface area contributed by atoms with Gasteiger partial charge in [0, 0.05) is 32.7 Å². The zero-order valence-corrected chi connectivity index (χ0v) is 10.3. The molecular formula is C11H21N3O3. The van der Waals surface area contributed by atoms with Crippen LogP contribution in [-0.4, -0.2) is 72.6 Å². The van der Waals surface area contributed by atoms with Crippen LogP contribution >= 0.6 is 0 Å². The molecule has 1 saturated heterocycles. The number of nitrogens with one attached hydrogen (secondary N) is 1. The number of amides is 1. The summed E-state index contributed by atoms with van der Waals surface area (Å²) in [5.41, 5.74) is 0. The molecule has 0 aromatic carbocycles. The van der Waals surface area contributed by atoms with Gasteiger partial charge in [0.15, 0.2) is 0 Å². The molecule has 0 aromatic heterocycles. The maximum Gasteiger partial charge on any atom is 0.323 e. The van der Waals surface area contributed by atoms with Crippen molar-refractivity contribution in [1.29, 1.82) is 0 Å². The van der Waals surface area contributed by atoms with Crippen molar-refractivity contribution >= 4 is 11.9 Å². The van der Waals surface area contributed by atoms with E-state index < -0.39 is 5.97 Å². The van der Waals surface area contributed by atoms with E-state index in [0.717, 1.165) is 32.6 Å². The number of aliphatic carboxylic acids is 1. The summed E-state index contributed by atoms with van der Waals surface area (Å²) in [4.78, 5) is 26.1. The fraction of sp³-hybridized carbons (Fsp3) is 0.818. The molecule has 1 amide bonds. The van der Waals surface area contributed by atoms with Gasteiger partial charge in [-0.2, -0.15) is 0 Å². The number of rotatable bonds is 6. The SMILES string of the molecule is CCCN(CC(=O)O)C(=O)CN1CCNCC1. The minimum Gasteiger partial charge on any atom is -0.480 e. The quantitative estimate of drug-likeness (QED) is 0.640. The van der Waals surface area contributed by atoms with Crippen molar-refractivity contribution in [2.45, 2.75) is 13.3 Å². The molecule has 0 spiro atoms. The first-order chi connectivity index (χ1) is 8.13. The maximum atomic E-state index is 11.9. The van der Waals surface area contributed by atoms with Crippen LogP contribution in [0.25, 0.3) is 0 Å². The number of carboxylic acid groups (broad SMARTS) is 1. The van der Waals surface area contributed by atoms with Crippen LogP contribution in [0.3, 0.4) is 0 Å². The second-order valence-electron chi connectivity index (χ2n) is 4.24. The largest absolute Gasteiger partial charge is 0.480 e. The van der Waals surface area contributed by atoms with Crippen molar-refractivity contribution in [2.75, 3.05) is 45.8 Å². The summed E-state index contributed by atoms with van der Waals surface area (Å²) in [6, 6.07) is 0. The average Bonchev–Trinajstić information content (AvgIpc) is 2.29. The van der Waals surface area contributed by atoms with Crippen molar-refractivity contribution in [2.24, 2.45) is 0 Å². The number of hydrogen-bond acceptors (Lipinski definition) is 4. The molecule has 1 rings (SSSR count). The summed E-state index contributed by atoms with van der Waals surface area (Å²) in [5.74, 6) is -1.04. The Balaban J connectivity index is 2.42. The number of carbonyl (C=O) groups is 2. The van der Waals surface area contributed by atoms with Gasteiger partial charge in [0.25, 0.3) is 0 Å². The molecule has 0 aromatic rings. The van der Waals surface area contributed by atoms with Crippen molar-refractivity contribution in [3.05, 3.63) is 0 Å². The molecule has 17 heavy (non-hydrogen) atoms. The molecule has 6 nitrogen and oxygen atoms in total. The second kappa shape index (κ2) is 7.24. The van der Waals surface area contributed by atoms with Gasteiger partial charge in [0.05, 0.1) is 6.54 Å². The Labute approximate surface area is 102 Å². The van der Waals surface area contributed by atoms with Crippen LogP contribution in [0.5, 0.6) is 0 Å². The van der Waals surface area contributed by atoms with Gasteiger partial charge in [-0.25, -0.2) is 0 Å². The maximum absolute atomic E-state index is 11.9. The van der Waals surface area contributed by atoms with Gasteiger partial charge in [0.1, 0.15) is 6.54 Å². The third-order valence-electron chi connectivity index (χ3n) is 2.74. The van der Waals surface area contributed by atoms with Gasteiger partial charge < -0.3 is 15.3 Å². The number of carbonyl (C=O) groups excluding carboxylic acids is 1. The highest BCUT2D eigenvalue weighted by Gasteiger charge is 2.19. The summed E-state index contributed by atoms with van der Waals surface area (Å²) in [5, 5.41) is 12.0. The highest BCUT2D eigenvalue weighted by molar-refractivity contribution is 5.82. The van der Waals surface area contributed by atoms with Crippen molar-refractivity contribution in [3.63, 3.8) is 0 Å². The van der Waals surface area contributed by atoms with Crippen LogP contribution < -0.4 is 5.32 Å². The van der Waals surface area contributed by atoms with E-state index in [9.17, 15) is 9.59 Å². The third kappa shape index (κ3) is 5.14. The third-order valence-corrected chi connectivity index (χ3v) is 2.74. The van der Waals surface area contributed by atoms with Crippen LogP contribution in [0.2, 0.25) is 0 Å². The van der Waals surface area contributed by atoms with Crippen molar-refractivity contribution in [3.8, 4) is 0 Å². The van der Waals surface area contributed by atoms with Gasteiger partial charge in [-0.3, -0.25) is 14.5 Å². The molecule has 0 bridgehead atoms. The van der Waals surface area contributed by atoms with Gasteiger partial charge in [-0.15, -0.1) is 0 Å². The smallest absolute Gasteiger partial charge is 0.323 e. The first-order valence-electron chi connectivity index (χ1n) is 6.06. The Morgan fingerprint density at radius 2 is 2.00 bits per heavy atom. The molecule has 1 fully saturated rings. The van der Waals surface area contributed by atoms with Crippen LogP contribution in [0.1, 0.15) is 13.3 Å². The van der Waals surface area contributed by atoms with Gasteiger partial charge in [0.2, 0.25) is 5.91 Å². The fourth-order valence-corrected chi connectivity index (χ4v) is 1.89. The Bertz CT molecular complexity index is 265. The van der Waals surface area contributed by atoms with E-state index in [2.05, 4.69) is 10.2 Å². The molecular weight excluding hydrogens is 222 g/mol. The zero-order valence-electron chi connectivity index (χ0n) is 10.3. The number of carboxylic acids is 1. The van der Waals surface area contributed by atoms with Crippen LogP contribution in [-0.2, 0) is 9.59 Å². The highest BCUT2D eigenvalue weighted by Crippen LogP contribution is 1.98. The van der Waals surface area contributed by atoms with E-state index in [4.69, 9.17) is 5.11 Å². The minimum absolute atomic E-state index is 0.0869. The monoisotopic (exact) mass is 243 g/mol. The van der Waals surface area contributed by atoms with E-state index in [1.807, 2.05) is 6.92 Å². The number of hydrogen-bond donors (Lipinski definition) is 2. The van der Waals surface area contributed by atoms with Gasteiger partial charge in [-0.05, 0) is 6.42 Å². The molecule has 98 valence electrons. The van der Waals surface area contributed by atoms with E-state index in [1.165, 1.54) is 4.90 Å². The van der Waals surface area contributed by atoms with Crippen LogP contribution in [0.15, 0.2) is 0 Å². The molecule has 1 heterocycles. The van der Waals surface area contributed by atoms with E-state index in [0.29, 0.717) is 13.1 Å². The Hall–Kier alpha value is -1.14. The summed E-state index contributed by atoms with van der Waals surface area (Å²) < 4.78 is 0. The van der Waals surface area contributed by atoms with Crippen molar-refractivity contribution < 1.29 is 14.7 Å². The Morgan fingerprint density at radius 1 is 1.35 bits per heavy atom. The second-order valence-corrected chi connectivity index (χ2v) is 4.24. The topological polar surface area (TPSA) is 72.9 Å². The first-order valence-corrected chi connectivity index (χ1v) is 6.06. The van der Waals surface area contributed by atoms with Crippen LogP contribution in [0, 0.1) is 0 Å². The Morgan fingerprint density at radius 3 is 2.53 bits per heavy atom. The average molecular weight is 243 g/mol.